The summed E-state index contributed by atoms with van der Waals surface area (Å²) in [6.07, 6.45) is 1.68. The Kier molecular flexibility index (Phi) is 3.45. The molecule has 0 fully saturated rings. The lowest BCUT2D eigenvalue weighted by Crippen LogP contribution is -2.32. The maximum Gasteiger partial charge on any atom is 0.121 e. The van der Waals surface area contributed by atoms with Crippen molar-refractivity contribution in [1.29, 1.82) is 0 Å². The predicted octanol–water partition coefficient (Wildman–Crippen LogP) is 3.20. The minimum absolute atomic E-state index is 0.306. The van der Waals surface area contributed by atoms with Crippen molar-refractivity contribution in [3.63, 3.8) is 0 Å². The van der Waals surface area contributed by atoms with E-state index in [-0.39, 0.29) is 0 Å². The average molecular weight is 294 g/mol. The first-order valence-electron chi connectivity index (χ1n) is 4.99. The van der Waals surface area contributed by atoms with E-state index in [4.69, 9.17) is 22.5 Å². The molecule has 1 atom stereocenters. The highest BCUT2D eigenvalue weighted by atomic mass is 35.7. The van der Waals surface area contributed by atoms with Gasteiger partial charge in [-0.2, -0.15) is 5.10 Å². The number of phenolic OH excluding ortho intramolecular Hbond substituents is 1. The maximum absolute atomic E-state index is 9.75. The zero-order valence-corrected chi connectivity index (χ0v) is 11.8. The summed E-state index contributed by atoms with van der Waals surface area (Å²) in [7, 11) is 4.79. The first-order chi connectivity index (χ1) is 7.92. The fourth-order valence-electron chi connectivity index (χ4n) is 1.64. The molecule has 0 radical (unpaired) electrons. The normalized spacial score (nSPS) is 27.9. The van der Waals surface area contributed by atoms with Crippen LogP contribution in [0.1, 0.15) is 11.1 Å². The molecule has 7 heteroatoms. The Balaban J connectivity index is 2.43. The van der Waals surface area contributed by atoms with Gasteiger partial charge in [0.25, 0.3) is 0 Å². The topological polar surface area (TPSA) is 47.9 Å². The fourth-order valence-corrected chi connectivity index (χ4v) is 4.45. The Morgan fingerprint density at radius 3 is 2.53 bits per heavy atom. The van der Waals surface area contributed by atoms with Gasteiger partial charge in [0, 0.05) is 16.9 Å². The second-order valence-electron chi connectivity index (χ2n) is 3.88. The molecular formula is C10H13Cl2N3OS. The van der Waals surface area contributed by atoms with Crippen LogP contribution in [0.3, 0.4) is 0 Å². The van der Waals surface area contributed by atoms with Gasteiger partial charge in [0.15, 0.2) is 0 Å². The lowest BCUT2D eigenvalue weighted by atomic mass is 10.1. The van der Waals surface area contributed by atoms with E-state index in [1.165, 1.54) is 0 Å². The predicted molar refractivity (Wildman–Crippen MR) is 73.5 cm³/mol. The van der Waals surface area contributed by atoms with Gasteiger partial charge in [-0.1, -0.05) is 9.43 Å². The third kappa shape index (κ3) is 2.47. The number of phenols is 1. The zero-order valence-electron chi connectivity index (χ0n) is 9.44. The largest absolute Gasteiger partial charge is 0.507 e. The number of aromatic hydroxyl groups is 1. The summed E-state index contributed by atoms with van der Waals surface area (Å²) in [5, 5.41) is 13.6. The second-order valence-corrected chi connectivity index (χ2v) is 8.07. The van der Waals surface area contributed by atoms with Crippen molar-refractivity contribution in [3.05, 3.63) is 23.3 Å². The van der Waals surface area contributed by atoms with Gasteiger partial charge in [-0.15, -0.1) is 9.47 Å². The molecule has 0 saturated carbocycles. The Labute approximate surface area is 111 Å². The summed E-state index contributed by atoms with van der Waals surface area (Å²) in [5.74, 6) is 0.905. The summed E-state index contributed by atoms with van der Waals surface area (Å²) in [6.45, 7) is 3.70. The molecule has 1 aromatic carbocycles. The minimum Gasteiger partial charge on any atom is -0.507 e. The van der Waals surface area contributed by atoms with Gasteiger partial charge in [0.2, 0.25) is 0 Å². The molecule has 0 aliphatic carbocycles. The van der Waals surface area contributed by atoms with Crippen LogP contribution in [-0.2, 0) is 0 Å². The van der Waals surface area contributed by atoms with Crippen LogP contribution in [-0.4, -0.2) is 21.7 Å². The summed E-state index contributed by atoms with van der Waals surface area (Å²) < 4.78 is 1.10. The van der Waals surface area contributed by atoms with Crippen molar-refractivity contribution in [3.8, 4) is 5.75 Å². The fraction of sp³-hybridized carbons (Fsp3) is 0.300. The second kappa shape index (κ2) is 4.57. The molecule has 1 aromatic rings. The monoisotopic (exact) mass is 293 g/mol. The Bertz CT molecular complexity index is 460. The van der Waals surface area contributed by atoms with E-state index in [2.05, 4.69) is 9.93 Å². The molecule has 1 heterocycles. The van der Waals surface area contributed by atoms with Gasteiger partial charge < -0.3 is 5.11 Å². The molecule has 0 spiro atoms. The van der Waals surface area contributed by atoms with Crippen molar-refractivity contribution < 1.29 is 5.11 Å². The smallest absolute Gasteiger partial charge is 0.121 e. The van der Waals surface area contributed by atoms with E-state index >= 15 is 0 Å². The maximum atomic E-state index is 9.75. The number of nitrogens with zero attached hydrogens (tertiary/aromatic N) is 2. The van der Waals surface area contributed by atoms with Gasteiger partial charge in [-0.25, -0.2) is 0 Å². The van der Waals surface area contributed by atoms with Crippen molar-refractivity contribution in [2.24, 2.45) is 5.10 Å². The van der Waals surface area contributed by atoms with Crippen LogP contribution in [0.4, 0.5) is 0 Å². The van der Waals surface area contributed by atoms with E-state index in [0.29, 0.717) is 11.5 Å². The number of hydrogen-bond donors (Lipinski definition) is 2. The van der Waals surface area contributed by atoms with Crippen LogP contribution in [0.25, 0.3) is 0 Å². The summed E-state index contributed by atoms with van der Waals surface area (Å²) >= 11 is 5.77. The molecule has 0 aromatic heterocycles. The van der Waals surface area contributed by atoms with E-state index in [9.17, 15) is 5.11 Å². The molecule has 1 aliphatic heterocycles. The highest BCUT2D eigenvalue weighted by Gasteiger charge is 2.28. The number of nitrogens with one attached hydrogen (secondary N) is 1. The van der Waals surface area contributed by atoms with Gasteiger partial charge >= 0.3 is 0 Å². The number of aryl methyl sites for hydroxylation is 2. The van der Waals surface area contributed by atoms with Crippen molar-refractivity contribution in [1.82, 2.24) is 9.47 Å². The lowest BCUT2D eigenvalue weighted by Gasteiger charge is -2.37. The Morgan fingerprint density at radius 2 is 2.00 bits per heavy atom. The average Bonchev–Trinajstić information content (AvgIpc) is 2.25. The Hall–Kier alpha value is -0.620. The number of rotatable bonds is 1. The summed E-state index contributed by atoms with van der Waals surface area (Å²) in [6, 6.07) is 3.75. The molecule has 0 saturated heterocycles. The van der Waals surface area contributed by atoms with Gasteiger partial charge in [-0.3, -0.25) is 0 Å². The molecule has 4 nitrogen and oxygen atoms in total. The van der Waals surface area contributed by atoms with Crippen LogP contribution < -0.4 is 4.83 Å². The van der Waals surface area contributed by atoms with Crippen LogP contribution in [0.2, 0.25) is 0 Å². The molecule has 94 valence electrons. The first kappa shape index (κ1) is 12.8. The first-order valence-corrected chi connectivity index (χ1v) is 7.95. The van der Waals surface area contributed by atoms with E-state index in [1.807, 2.05) is 26.0 Å². The number of hydrazone groups is 1. The molecule has 1 aliphatic rings. The lowest BCUT2D eigenvalue weighted by molar-refractivity contribution is 0.457. The van der Waals surface area contributed by atoms with Crippen molar-refractivity contribution in [2.75, 3.05) is 5.75 Å². The van der Waals surface area contributed by atoms with E-state index < -0.39 is 9.43 Å². The van der Waals surface area contributed by atoms with Crippen LogP contribution >= 0.6 is 31.9 Å². The number of halogens is 2. The van der Waals surface area contributed by atoms with Gasteiger partial charge in [0.05, 0.1) is 11.8 Å². The molecule has 2 rings (SSSR count). The molecule has 1 unspecified atom stereocenters. The standard InChI is InChI=1S/C10H13Cl2N3OS/c1-7-5-9(6-8(2)10(7)16)17(12)4-3-13-15(11)14-17/h3,5-6,14,16H,4H2,1-2H3. The third-order valence-corrected chi connectivity index (χ3v) is 5.99. The molecule has 0 bridgehead atoms. The summed E-state index contributed by atoms with van der Waals surface area (Å²) in [5.41, 5.74) is 1.61. The molecular weight excluding hydrogens is 281 g/mol. The van der Waals surface area contributed by atoms with E-state index in [0.717, 1.165) is 20.7 Å². The minimum atomic E-state index is -1.77. The number of benzene rings is 1. The van der Waals surface area contributed by atoms with Gasteiger partial charge in [0.1, 0.15) is 5.75 Å². The highest BCUT2D eigenvalue weighted by Crippen LogP contribution is 2.58. The number of hydrazine groups is 1. The molecule has 0 amide bonds. The highest BCUT2D eigenvalue weighted by molar-refractivity contribution is 8.50. The SMILES string of the molecule is Cc1cc(S2(Cl)CC=NN(Cl)N2)cc(C)c1O. The van der Waals surface area contributed by atoms with Crippen LogP contribution in [0.5, 0.6) is 5.75 Å². The molecule has 2 N–H and O–H groups in total. The van der Waals surface area contributed by atoms with Crippen molar-refractivity contribution in [2.45, 2.75) is 18.7 Å². The van der Waals surface area contributed by atoms with Gasteiger partial charge in [-0.05, 0) is 47.8 Å². The Morgan fingerprint density at radius 1 is 1.41 bits per heavy atom. The quantitative estimate of drug-likeness (QED) is 0.782. The zero-order chi connectivity index (χ0) is 12.6. The third-order valence-electron chi connectivity index (χ3n) is 2.55. The van der Waals surface area contributed by atoms with E-state index in [1.54, 1.807) is 6.21 Å². The summed E-state index contributed by atoms with van der Waals surface area (Å²) in [4.78, 5) is 3.88. The van der Waals surface area contributed by atoms with Crippen molar-refractivity contribution >= 4 is 38.1 Å². The number of hydrogen-bond acceptors (Lipinski definition) is 4. The molecule has 17 heavy (non-hydrogen) atoms. The van der Waals surface area contributed by atoms with Crippen LogP contribution in [0.15, 0.2) is 22.1 Å². The van der Waals surface area contributed by atoms with Crippen LogP contribution in [0, 0.1) is 13.8 Å².